The van der Waals surface area contributed by atoms with Gasteiger partial charge in [-0.3, -0.25) is 9.78 Å². The summed E-state index contributed by atoms with van der Waals surface area (Å²) < 4.78 is 0.901. The van der Waals surface area contributed by atoms with Crippen LogP contribution in [0.1, 0.15) is 24.2 Å². The number of rotatable bonds is 6. The molecule has 0 bridgehead atoms. The number of nitrogens with one attached hydrogen (secondary N) is 1. The highest BCUT2D eigenvalue weighted by atomic mass is 79.9. The number of carbonyl (C=O) groups excluding carboxylic acids is 1. The van der Waals surface area contributed by atoms with Gasteiger partial charge in [-0.1, -0.05) is 26.0 Å². The van der Waals surface area contributed by atoms with Gasteiger partial charge in [0, 0.05) is 29.1 Å². The molecule has 2 aromatic rings. The fourth-order valence-corrected chi connectivity index (χ4v) is 2.77. The number of hydrogen-bond acceptors (Lipinski definition) is 3. The molecule has 1 N–H and O–H groups in total. The van der Waals surface area contributed by atoms with Crippen molar-refractivity contribution < 1.29 is 4.79 Å². The van der Waals surface area contributed by atoms with Gasteiger partial charge in [0.1, 0.15) is 0 Å². The van der Waals surface area contributed by atoms with Crippen LogP contribution in [0.25, 0.3) is 10.9 Å². The Balaban J connectivity index is 2.11. The van der Waals surface area contributed by atoms with E-state index < -0.39 is 0 Å². The summed E-state index contributed by atoms with van der Waals surface area (Å²) in [6.07, 6.45) is 1.67. The van der Waals surface area contributed by atoms with E-state index >= 15 is 0 Å². The van der Waals surface area contributed by atoms with Gasteiger partial charge in [-0.2, -0.15) is 0 Å². The topological polar surface area (TPSA) is 45.2 Å². The number of pyridine rings is 1. The summed E-state index contributed by atoms with van der Waals surface area (Å²) in [5, 5.41) is 3.85. The molecule has 0 aliphatic rings. The monoisotopic (exact) mass is 349 g/mol. The second-order valence-electron chi connectivity index (χ2n) is 4.78. The smallest absolute Gasteiger partial charge is 0.252 e. The van der Waals surface area contributed by atoms with Crippen LogP contribution in [0.5, 0.6) is 0 Å². The van der Waals surface area contributed by atoms with Crippen LogP contribution in [0, 0.1) is 0 Å². The van der Waals surface area contributed by atoms with Crippen molar-refractivity contribution in [2.24, 2.45) is 0 Å². The molecule has 1 amide bonds. The maximum absolute atomic E-state index is 12.4. The lowest BCUT2D eigenvalue weighted by molar-refractivity contribution is 0.0950. The minimum atomic E-state index is -0.0485. The van der Waals surface area contributed by atoms with Crippen LogP contribution in [0.2, 0.25) is 0 Å². The number of carbonyl (C=O) groups is 1. The zero-order valence-electron chi connectivity index (χ0n) is 12.4. The van der Waals surface area contributed by atoms with Crippen molar-refractivity contribution in [2.75, 3.05) is 26.2 Å². The lowest BCUT2D eigenvalue weighted by Gasteiger charge is -2.18. The average molecular weight is 350 g/mol. The van der Waals surface area contributed by atoms with E-state index in [1.165, 1.54) is 0 Å². The molecular weight excluding hydrogens is 330 g/mol. The Kier molecular flexibility index (Phi) is 5.70. The molecule has 112 valence electrons. The molecule has 21 heavy (non-hydrogen) atoms. The Morgan fingerprint density at radius 2 is 2.05 bits per heavy atom. The molecule has 5 heteroatoms. The molecule has 0 atom stereocenters. The first-order valence-corrected chi connectivity index (χ1v) is 8.00. The first-order valence-electron chi connectivity index (χ1n) is 7.21. The molecule has 0 saturated carbocycles. The number of hydrogen-bond donors (Lipinski definition) is 1. The third-order valence-corrected chi connectivity index (χ3v) is 4.21. The first-order chi connectivity index (χ1) is 10.2. The van der Waals surface area contributed by atoms with Crippen LogP contribution < -0.4 is 5.32 Å². The van der Waals surface area contributed by atoms with E-state index in [1.807, 2.05) is 18.2 Å². The molecule has 1 aromatic heterocycles. The Morgan fingerprint density at radius 1 is 1.29 bits per heavy atom. The number of halogens is 1. The molecule has 0 saturated heterocycles. The van der Waals surface area contributed by atoms with Gasteiger partial charge < -0.3 is 10.2 Å². The van der Waals surface area contributed by atoms with E-state index in [1.54, 1.807) is 12.3 Å². The normalized spacial score (nSPS) is 11.0. The van der Waals surface area contributed by atoms with E-state index in [0.29, 0.717) is 12.1 Å². The Hall–Kier alpha value is -1.46. The number of benzene rings is 1. The molecule has 0 fully saturated rings. The SMILES string of the molecule is CCN(CC)CCNC(=O)c1ccnc2c(Br)cccc12. The van der Waals surface area contributed by atoms with E-state index in [9.17, 15) is 4.79 Å². The molecule has 4 nitrogen and oxygen atoms in total. The summed E-state index contributed by atoms with van der Waals surface area (Å²) in [4.78, 5) is 19.0. The third-order valence-electron chi connectivity index (χ3n) is 3.57. The lowest BCUT2D eigenvalue weighted by Crippen LogP contribution is -2.34. The quantitative estimate of drug-likeness (QED) is 0.871. The van der Waals surface area contributed by atoms with Gasteiger partial charge in [-0.15, -0.1) is 0 Å². The van der Waals surface area contributed by atoms with E-state index in [2.05, 4.69) is 45.0 Å². The average Bonchev–Trinajstić information content (AvgIpc) is 2.51. The second-order valence-corrected chi connectivity index (χ2v) is 5.63. The number of amides is 1. The minimum absolute atomic E-state index is 0.0485. The van der Waals surface area contributed by atoms with Gasteiger partial charge in [-0.05, 0) is 41.2 Å². The maximum Gasteiger partial charge on any atom is 0.252 e. The van der Waals surface area contributed by atoms with Crippen LogP contribution in [0.15, 0.2) is 34.9 Å². The van der Waals surface area contributed by atoms with Crippen molar-refractivity contribution in [1.82, 2.24) is 15.2 Å². The van der Waals surface area contributed by atoms with E-state index in [4.69, 9.17) is 0 Å². The highest BCUT2D eigenvalue weighted by molar-refractivity contribution is 9.10. The molecule has 1 heterocycles. The van der Waals surface area contributed by atoms with Gasteiger partial charge in [0.25, 0.3) is 5.91 Å². The Bertz CT molecular complexity index is 626. The molecule has 0 spiro atoms. The van der Waals surface area contributed by atoms with E-state index in [-0.39, 0.29) is 5.91 Å². The van der Waals surface area contributed by atoms with Gasteiger partial charge in [0.15, 0.2) is 0 Å². The van der Waals surface area contributed by atoms with Crippen molar-refractivity contribution in [1.29, 1.82) is 0 Å². The number of likely N-dealkylation sites (N-methyl/N-ethyl adjacent to an activating group) is 1. The molecule has 0 unspecified atom stereocenters. The van der Waals surface area contributed by atoms with Crippen molar-refractivity contribution in [3.8, 4) is 0 Å². The van der Waals surface area contributed by atoms with Gasteiger partial charge >= 0.3 is 0 Å². The molecule has 0 aliphatic heterocycles. The fourth-order valence-electron chi connectivity index (χ4n) is 2.30. The second kappa shape index (κ2) is 7.52. The summed E-state index contributed by atoms with van der Waals surface area (Å²) >= 11 is 3.47. The van der Waals surface area contributed by atoms with Crippen LogP contribution in [0.3, 0.4) is 0 Å². The minimum Gasteiger partial charge on any atom is -0.351 e. The van der Waals surface area contributed by atoms with Crippen LogP contribution >= 0.6 is 15.9 Å². The van der Waals surface area contributed by atoms with Crippen LogP contribution in [-0.4, -0.2) is 42.0 Å². The zero-order chi connectivity index (χ0) is 15.2. The Morgan fingerprint density at radius 3 is 2.76 bits per heavy atom. The summed E-state index contributed by atoms with van der Waals surface area (Å²) in [5.41, 5.74) is 1.48. The largest absolute Gasteiger partial charge is 0.351 e. The standard InChI is InChI=1S/C16H20BrN3O/c1-3-20(4-2)11-10-19-16(21)13-8-9-18-15-12(13)6-5-7-14(15)17/h5-9H,3-4,10-11H2,1-2H3,(H,19,21). The molecule has 2 rings (SSSR count). The molecular formula is C16H20BrN3O. The van der Waals surface area contributed by atoms with Crippen molar-refractivity contribution in [2.45, 2.75) is 13.8 Å². The van der Waals surface area contributed by atoms with Crippen molar-refractivity contribution >= 4 is 32.7 Å². The Labute approximate surface area is 133 Å². The number of fused-ring (bicyclic) bond motifs is 1. The number of aromatic nitrogens is 1. The van der Waals surface area contributed by atoms with Crippen LogP contribution in [0.4, 0.5) is 0 Å². The number of para-hydroxylation sites is 1. The molecule has 0 aliphatic carbocycles. The molecule has 1 aromatic carbocycles. The van der Waals surface area contributed by atoms with Gasteiger partial charge in [0.2, 0.25) is 0 Å². The van der Waals surface area contributed by atoms with E-state index in [0.717, 1.165) is 35.0 Å². The summed E-state index contributed by atoms with van der Waals surface area (Å²) in [6.45, 7) is 7.76. The zero-order valence-corrected chi connectivity index (χ0v) is 14.0. The highest BCUT2D eigenvalue weighted by Crippen LogP contribution is 2.24. The summed E-state index contributed by atoms with van der Waals surface area (Å²) in [7, 11) is 0. The van der Waals surface area contributed by atoms with Gasteiger partial charge in [-0.25, -0.2) is 0 Å². The van der Waals surface area contributed by atoms with Crippen LogP contribution in [-0.2, 0) is 0 Å². The highest BCUT2D eigenvalue weighted by Gasteiger charge is 2.11. The molecule has 0 radical (unpaired) electrons. The summed E-state index contributed by atoms with van der Waals surface area (Å²) in [5.74, 6) is -0.0485. The third kappa shape index (κ3) is 3.80. The lowest BCUT2D eigenvalue weighted by atomic mass is 10.1. The predicted molar refractivity (Wildman–Crippen MR) is 89.6 cm³/mol. The fraction of sp³-hybridized carbons (Fsp3) is 0.375. The van der Waals surface area contributed by atoms with Crippen molar-refractivity contribution in [3.05, 3.63) is 40.5 Å². The van der Waals surface area contributed by atoms with Crippen molar-refractivity contribution in [3.63, 3.8) is 0 Å². The van der Waals surface area contributed by atoms with Gasteiger partial charge in [0.05, 0.1) is 11.1 Å². The summed E-state index contributed by atoms with van der Waals surface area (Å²) in [6, 6.07) is 7.53. The first kappa shape index (κ1) is 15.9. The maximum atomic E-state index is 12.4. The number of nitrogens with zero attached hydrogens (tertiary/aromatic N) is 2. The predicted octanol–water partition coefficient (Wildman–Crippen LogP) is 3.07.